The number of amides is 3. The Morgan fingerprint density at radius 2 is 1.76 bits per heavy atom. The van der Waals surface area contributed by atoms with Crippen molar-refractivity contribution in [1.29, 1.82) is 0 Å². The Kier molecular flexibility index (Phi) is 7.18. The fourth-order valence-corrected chi connectivity index (χ4v) is 4.49. The molecule has 1 heterocycles. The van der Waals surface area contributed by atoms with E-state index >= 15 is 0 Å². The molecule has 3 amide bonds. The summed E-state index contributed by atoms with van der Waals surface area (Å²) in [4.78, 5) is 35.1. The number of aromatic nitrogens is 1. The van der Waals surface area contributed by atoms with E-state index in [0.717, 1.165) is 16.5 Å². The van der Waals surface area contributed by atoms with E-state index in [1.54, 1.807) is 17.7 Å². The number of sulfonamides is 1. The molecule has 0 fully saturated rings. The lowest BCUT2D eigenvalue weighted by Crippen LogP contribution is -2.44. The highest BCUT2D eigenvalue weighted by atomic mass is 35.5. The summed E-state index contributed by atoms with van der Waals surface area (Å²) in [6, 6.07) is 8.85. The number of carbonyl (C=O) groups excluding carboxylic acids is 2. The van der Waals surface area contributed by atoms with Crippen molar-refractivity contribution in [2.45, 2.75) is 31.2 Å². The molecule has 0 saturated heterocycles. The maximum absolute atomic E-state index is 12.8. The van der Waals surface area contributed by atoms with Gasteiger partial charge in [-0.3, -0.25) is 9.59 Å². The van der Waals surface area contributed by atoms with Crippen molar-refractivity contribution >= 4 is 56.1 Å². The van der Waals surface area contributed by atoms with Crippen molar-refractivity contribution in [3.05, 3.63) is 58.7 Å². The molecule has 0 aliphatic rings. The summed E-state index contributed by atoms with van der Waals surface area (Å²) < 4.78 is 28.4. The number of fused-ring (bicyclic) bond motifs is 1. The molecule has 34 heavy (non-hydrogen) atoms. The molecule has 10 nitrogen and oxygen atoms in total. The van der Waals surface area contributed by atoms with Crippen LogP contribution in [0, 0.1) is 6.92 Å². The monoisotopic (exact) mass is 506 g/mol. The number of carboxylic acid groups (broad SMARTS) is 1. The Bertz CT molecular complexity index is 1380. The van der Waals surface area contributed by atoms with Crippen LogP contribution in [-0.2, 0) is 21.9 Å². The van der Waals surface area contributed by atoms with Crippen LogP contribution in [0.15, 0.2) is 47.4 Å². The molecule has 3 rings (SSSR count). The van der Waals surface area contributed by atoms with Crippen LogP contribution in [0.4, 0.5) is 10.5 Å². The van der Waals surface area contributed by atoms with Crippen LogP contribution < -0.4 is 15.4 Å². The van der Waals surface area contributed by atoms with Gasteiger partial charge in [-0.25, -0.2) is 17.9 Å². The SMILES string of the molecule is Cc1ccc2c(cc(C(=O)Nc3ccc(S(=O)(=O)NC(=O)NC(C)CC(=O)O)cc3)n2C)c1Cl. The molecule has 0 radical (unpaired) electrons. The Hall–Kier alpha value is -3.57. The van der Waals surface area contributed by atoms with Gasteiger partial charge < -0.3 is 20.3 Å². The van der Waals surface area contributed by atoms with Gasteiger partial charge in [0.05, 0.1) is 16.3 Å². The van der Waals surface area contributed by atoms with Crippen molar-refractivity contribution in [3.8, 4) is 0 Å². The topological polar surface area (TPSA) is 147 Å². The first-order chi connectivity index (χ1) is 15.9. The van der Waals surface area contributed by atoms with Crippen molar-refractivity contribution in [3.63, 3.8) is 0 Å². The molecule has 1 aromatic heterocycles. The summed E-state index contributed by atoms with van der Waals surface area (Å²) in [6.45, 7) is 3.31. The molecular formula is C22H23ClN4O6S. The van der Waals surface area contributed by atoms with Gasteiger partial charge in [0, 0.05) is 29.7 Å². The average molecular weight is 507 g/mol. The van der Waals surface area contributed by atoms with Gasteiger partial charge in [-0.2, -0.15) is 0 Å². The van der Waals surface area contributed by atoms with Gasteiger partial charge in [-0.05, 0) is 55.8 Å². The second-order valence-electron chi connectivity index (χ2n) is 7.77. The van der Waals surface area contributed by atoms with Crippen molar-refractivity contribution in [1.82, 2.24) is 14.6 Å². The minimum absolute atomic E-state index is 0.210. The number of hydrogen-bond donors (Lipinski definition) is 4. The first-order valence-corrected chi connectivity index (χ1v) is 12.0. The summed E-state index contributed by atoms with van der Waals surface area (Å²) in [5, 5.41) is 15.0. The summed E-state index contributed by atoms with van der Waals surface area (Å²) >= 11 is 6.36. The number of aryl methyl sites for hydroxylation is 2. The van der Waals surface area contributed by atoms with Crippen LogP contribution in [0.5, 0.6) is 0 Å². The number of carbonyl (C=O) groups is 3. The van der Waals surface area contributed by atoms with E-state index in [-0.39, 0.29) is 11.3 Å². The number of halogens is 1. The Labute approximate surface area is 201 Å². The molecular weight excluding hydrogens is 484 g/mol. The Morgan fingerprint density at radius 3 is 2.38 bits per heavy atom. The van der Waals surface area contributed by atoms with Gasteiger partial charge in [-0.1, -0.05) is 17.7 Å². The highest BCUT2D eigenvalue weighted by Crippen LogP contribution is 2.29. The summed E-state index contributed by atoms with van der Waals surface area (Å²) in [6.07, 6.45) is -0.357. The van der Waals surface area contributed by atoms with Crippen LogP contribution in [0.3, 0.4) is 0 Å². The minimum Gasteiger partial charge on any atom is -0.481 e. The lowest BCUT2D eigenvalue weighted by molar-refractivity contribution is -0.137. The van der Waals surface area contributed by atoms with Crippen LogP contribution in [0.25, 0.3) is 10.9 Å². The molecule has 180 valence electrons. The highest BCUT2D eigenvalue weighted by molar-refractivity contribution is 7.90. The lowest BCUT2D eigenvalue weighted by Gasteiger charge is -2.13. The smallest absolute Gasteiger partial charge is 0.328 e. The quantitative estimate of drug-likeness (QED) is 0.387. The van der Waals surface area contributed by atoms with Crippen molar-refractivity contribution in [2.75, 3.05) is 5.32 Å². The number of anilines is 1. The zero-order valence-electron chi connectivity index (χ0n) is 18.5. The second-order valence-corrected chi connectivity index (χ2v) is 9.83. The predicted octanol–water partition coefficient (Wildman–Crippen LogP) is 3.24. The van der Waals surface area contributed by atoms with Gasteiger partial charge in [0.2, 0.25) is 0 Å². The standard InChI is InChI=1S/C22H23ClN4O6S/c1-12-4-9-17-16(20(12)23)11-18(27(17)3)21(30)25-14-5-7-15(8-6-14)34(32,33)26-22(31)24-13(2)10-19(28)29/h4-9,11,13H,10H2,1-3H3,(H,25,30)(H,28,29)(H2,24,26,31). The number of aliphatic carboxylic acids is 1. The summed E-state index contributed by atoms with van der Waals surface area (Å²) in [5.74, 6) is -1.54. The fourth-order valence-electron chi connectivity index (χ4n) is 3.36. The van der Waals surface area contributed by atoms with E-state index in [0.29, 0.717) is 16.4 Å². The van der Waals surface area contributed by atoms with Crippen LogP contribution >= 0.6 is 11.6 Å². The van der Waals surface area contributed by atoms with Gasteiger partial charge in [0.15, 0.2) is 0 Å². The van der Waals surface area contributed by atoms with Crippen molar-refractivity contribution < 1.29 is 27.9 Å². The maximum Gasteiger partial charge on any atom is 0.328 e. The molecule has 0 aliphatic heterocycles. The molecule has 0 bridgehead atoms. The third-order valence-electron chi connectivity index (χ3n) is 5.09. The molecule has 0 spiro atoms. The molecule has 3 aromatic rings. The summed E-state index contributed by atoms with van der Waals surface area (Å²) in [7, 11) is -2.46. The van der Waals surface area contributed by atoms with Gasteiger partial charge in [-0.15, -0.1) is 0 Å². The molecule has 4 N–H and O–H groups in total. The van der Waals surface area contributed by atoms with E-state index < -0.39 is 34.0 Å². The third-order valence-corrected chi connectivity index (χ3v) is 6.94. The Morgan fingerprint density at radius 1 is 1.12 bits per heavy atom. The zero-order chi connectivity index (χ0) is 25.2. The van der Waals surface area contributed by atoms with Crippen LogP contribution in [-0.4, -0.2) is 42.0 Å². The number of rotatable bonds is 7. The average Bonchev–Trinajstić information content (AvgIpc) is 3.07. The first kappa shape index (κ1) is 25.1. The molecule has 12 heteroatoms. The van der Waals surface area contributed by atoms with E-state index in [1.807, 2.05) is 23.8 Å². The zero-order valence-corrected chi connectivity index (χ0v) is 20.1. The fraction of sp³-hybridized carbons (Fsp3) is 0.227. The van der Waals surface area contributed by atoms with Crippen LogP contribution in [0.1, 0.15) is 29.4 Å². The lowest BCUT2D eigenvalue weighted by atomic mass is 10.2. The Balaban J connectivity index is 1.71. The largest absolute Gasteiger partial charge is 0.481 e. The van der Waals surface area contributed by atoms with E-state index in [9.17, 15) is 22.8 Å². The number of hydrogen-bond acceptors (Lipinski definition) is 5. The molecule has 0 saturated carbocycles. The van der Waals surface area contributed by atoms with Crippen molar-refractivity contribution in [2.24, 2.45) is 7.05 Å². The van der Waals surface area contributed by atoms with Gasteiger partial charge in [0.1, 0.15) is 5.69 Å². The number of nitrogens with one attached hydrogen (secondary N) is 3. The molecule has 2 aromatic carbocycles. The first-order valence-electron chi connectivity index (χ1n) is 10.1. The number of carboxylic acids is 1. The number of benzene rings is 2. The summed E-state index contributed by atoms with van der Waals surface area (Å²) in [5.41, 5.74) is 2.40. The molecule has 0 aliphatic carbocycles. The van der Waals surface area contributed by atoms with Crippen LogP contribution in [0.2, 0.25) is 5.02 Å². The van der Waals surface area contributed by atoms with Gasteiger partial charge >= 0.3 is 12.0 Å². The highest BCUT2D eigenvalue weighted by Gasteiger charge is 2.20. The molecule has 1 atom stereocenters. The molecule has 1 unspecified atom stereocenters. The van der Waals surface area contributed by atoms with E-state index in [4.69, 9.17) is 16.7 Å². The van der Waals surface area contributed by atoms with E-state index in [1.165, 1.54) is 31.2 Å². The normalized spacial score (nSPS) is 12.2. The second kappa shape index (κ2) is 9.74. The minimum atomic E-state index is -4.20. The van der Waals surface area contributed by atoms with E-state index in [2.05, 4.69) is 10.6 Å². The number of nitrogens with zero attached hydrogens (tertiary/aromatic N) is 1. The third kappa shape index (κ3) is 5.49. The van der Waals surface area contributed by atoms with Gasteiger partial charge in [0.25, 0.3) is 15.9 Å². The number of urea groups is 1. The predicted molar refractivity (Wildman–Crippen MR) is 128 cm³/mol. The maximum atomic E-state index is 12.8.